The first-order chi connectivity index (χ1) is 8.54. The van der Waals surface area contributed by atoms with E-state index in [0.29, 0.717) is 6.54 Å². The summed E-state index contributed by atoms with van der Waals surface area (Å²) in [5, 5.41) is 6.08. The van der Waals surface area contributed by atoms with Gasteiger partial charge >= 0.3 is 0 Å². The lowest BCUT2D eigenvalue weighted by molar-refractivity contribution is -0.124. The van der Waals surface area contributed by atoms with Crippen molar-refractivity contribution in [3.63, 3.8) is 0 Å². The molecular weight excluding hydrogens is 260 g/mol. The molecule has 0 aliphatic rings. The number of nitrogens with one attached hydrogen (secondary N) is 2. The van der Waals surface area contributed by atoms with Crippen LogP contribution in [-0.4, -0.2) is 25.5 Å². The second-order valence-corrected chi connectivity index (χ2v) is 5.00. The molecule has 0 spiro atoms. The quantitative estimate of drug-likeness (QED) is 0.842. The molecule has 0 bridgehead atoms. The molecule has 4 heteroatoms. The second-order valence-electron chi connectivity index (χ2n) is 5.00. The summed E-state index contributed by atoms with van der Waals surface area (Å²) in [5.41, 5.74) is 2.58. The van der Waals surface area contributed by atoms with E-state index in [2.05, 4.69) is 36.6 Å². The van der Waals surface area contributed by atoms with Crippen LogP contribution in [-0.2, 0) is 11.2 Å². The van der Waals surface area contributed by atoms with E-state index in [4.69, 9.17) is 0 Å². The van der Waals surface area contributed by atoms with E-state index < -0.39 is 0 Å². The lowest BCUT2D eigenvalue weighted by Crippen LogP contribution is -2.40. The molecule has 0 aliphatic carbocycles. The fourth-order valence-corrected chi connectivity index (χ4v) is 2.00. The van der Waals surface area contributed by atoms with Crippen LogP contribution >= 0.6 is 12.4 Å². The standard InChI is InChI=1S/C15H24N2O.ClH/c1-11-7-5-6-8-14(11)9-13(3)17-15(18)12(2)10-16-4;/h5-8,12-13,16H,9-10H2,1-4H3,(H,17,18);1H. The van der Waals surface area contributed by atoms with E-state index in [-0.39, 0.29) is 30.3 Å². The van der Waals surface area contributed by atoms with Gasteiger partial charge in [0, 0.05) is 18.5 Å². The maximum atomic E-state index is 11.9. The Kier molecular flexibility index (Phi) is 8.44. The number of hydrogen-bond donors (Lipinski definition) is 2. The Morgan fingerprint density at radius 2 is 1.89 bits per heavy atom. The summed E-state index contributed by atoms with van der Waals surface area (Å²) < 4.78 is 0. The molecule has 0 radical (unpaired) electrons. The van der Waals surface area contributed by atoms with Crippen LogP contribution in [0.1, 0.15) is 25.0 Å². The normalized spacial score (nSPS) is 13.3. The van der Waals surface area contributed by atoms with E-state index in [1.165, 1.54) is 11.1 Å². The molecule has 0 saturated heterocycles. The van der Waals surface area contributed by atoms with Gasteiger partial charge in [-0.2, -0.15) is 0 Å². The number of amides is 1. The zero-order valence-corrected chi connectivity index (χ0v) is 13.0. The van der Waals surface area contributed by atoms with E-state index >= 15 is 0 Å². The third-order valence-electron chi connectivity index (χ3n) is 3.13. The molecule has 2 unspecified atom stereocenters. The lowest BCUT2D eigenvalue weighted by atomic mass is 10.0. The Hall–Kier alpha value is -1.06. The van der Waals surface area contributed by atoms with Gasteiger partial charge in [0.1, 0.15) is 0 Å². The van der Waals surface area contributed by atoms with Crippen LogP contribution in [0.2, 0.25) is 0 Å². The molecule has 108 valence electrons. The van der Waals surface area contributed by atoms with Gasteiger partial charge in [-0.15, -0.1) is 12.4 Å². The summed E-state index contributed by atoms with van der Waals surface area (Å²) in [4.78, 5) is 11.9. The van der Waals surface area contributed by atoms with Crippen LogP contribution in [0.15, 0.2) is 24.3 Å². The third-order valence-corrected chi connectivity index (χ3v) is 3.13. The van der Waals surface area contributed by atoms with Crippen molar-refractivity contribution >= 4 is 18.3 Å². The van der Waals surface area contributed by atoms with Crippen molar-refractivity contribution in [2.75, 3.05) is 13.6 Å². The van der Waals surface area contributed by atoms with Gasteiger partial charge in [0.05, 0.1) is 0 Å². The molecular formula is C15H25ClN2O. The number of rotatable bonds is 6. The second kappa shape index (κ2) is 8.94. The minimum absolute atomic E-state index is 0. The molecule has 1 aromatic rings. The van der Waals surface area contributed by atoms with Crippen LogP contribution in [0.25, 0.3) is 0 Å². The minimum atomic E-state index is 0. The highest BCUT2D eigenvalue weighted by atomic mass is 35.5. The van der Waals surface area contributed by atoms with Gasteiger partial charge in [-0.3, -0.25) is 4.79 Å². The smallest absolute Gasteiger partial charge is 0.224 e. The average molecular weight is 285 g/mol. The van der Waals surface area contributed by atoms with Crippen LogP contribution in [0.3, 0.4) is 0 Å². The van der Waals surface area contributed by atoms with Crippen molar-refractivity contribution in [2.45, 2.75) is 33.2 Å². The molecule has 19 heavy (non-hydrogen) atoms. The molecule has 1 amide bonds. The average Bonchev–Trinajstić information content (AvgIpc) is 2.32. The number of hydrogen-bond acceptors (Lipinski definition) is 2. The van der Waals surface area contributed by atoms with Gasteiger partial charge < -0.3 is 10.6 Å². The highest BCUT2D eigenvalue weighted by Gasteiger charge is 2.14. The van der Waals surface area contributed by atoms with E-state index in [1.54, 1.807) is 0 Å². The predicted molar refractivity (Wildman–Crippen MR) is 82.8 cm³/mol. The van der Waals surface area contributed by atoms with Crippen LogP contribution in [0.4, 0.5) is 0 Å². The van der Waals surface area contributed by atoms with Gasteiger partial charge in [0.2, 0.25) is 5.91 Å². The van der Waals surface area contributed by atoms with E-state index in [0.717, 1.165) is 6.42 Å². The summed E-state index contributed by atoms with van der Waals surface area (Å²) in [7, 11) is 1.86. The summed E-state index contributed by atoms with van der Waals surface area (Å²) in [6.45, 7) is 6.80. The summed E-state index contributed by atoms with van der Waals surface area (Å²) in [6, 6.07) is 8.47. The van der Waals surface area contributed by atoms with E-state index in [9.17, 15) is 4.79 Å². The fraction of sp³-hybridized carbons (Fsp3) is 0.533. The Morgan fingerprint density at radius 1 is 1.26 bits per heavy atom. The zero-order chi connectivity index (χ0) is 13.5. The van der Waals surface area contributed by atoms with Crippen LogP contribution in [0, 0.1) is 12.8 Å². The summed E-state index contributed by atoms with van der Waals surface area (Å²) >= 11 is 0. The van der Waals surface area contributed by atoms with Crippen molar-refractivity contribution in [2.24, 2.45) is 5.92 Å². The molecule has 0 saturated carbocycles. The topological polar surface area (TPSA) is 41.1 Å². The first kappa shape index (κ1) is 17.9. The molecule has 1 rings (SSSR count). The Bertz CT molecular complexity index is 395. The Balaban J connectivity index is 0.00000324. The van der Waals surface area contributed by atoms with Gasteiger partial charge in [0.25, 0.3) is 0 Å². The third kappa shape index (κ3) is 6.08. The van der Waals surface area contributed by atoms with Crippen molar-refractivity contribution in [3.8, 4) is 0 Å². The number of halogens is 1. The summed E-state index contributed by atoms with van der Waals surface area (Å²) in [6.07, 6.45) is 0.880. The number of aryl methyl sites for hydroxylation is 1. The van der Waals surface area contributed by atoms with Crippen molar-refractivity contribution < 1.29 is 4.79 Å². The molecule has 0 fully saturated rings. The molecule has 2 N–H and O–H groups in total. The molecule has 0 aromatic heterocycles. The van der Waals surface area contributed by atoms with Crippen LogP contribution < -0.4 is 10.6 Å². The highest BCUT2D eigenvalue weighted by Crippen LogP contribution is 2.09. The predicted octanol–water partition coefficient (Wildman–Crippen LogP) is 2.32. The van der Waals surface area contributed by atoms with Gasteiger partial charge in [-0.1, -0.05) is 31.2 Å². The van der Waals surface area contributed by atoms with E-state index in [1.807, 2.05) is 26.1 Å². The number of carbonyl (C=O) groups is 1. The SMILES string of the molecule is CNCC(C)C(=O)NC(C)Cc1ccccc1C.Cl. The van der Waals surface area contributed by atoms with Crippen molar-refractivity contribution in [1.82, 2.24) is 10.6 Å². The van der Waals surface area contributed by atoms with Gasteiger partial charge in [-0.05, 0) is 38.4 Å². The van der Waals surface area contributed by atoms with Gasteiger partial charge in [-0.25, -0.2) is 0 Å². The monoisotopic (exact) mass is 284 g/mol. The largest absolute Gasteiger partial charge is 0.353 e. The zero-order valence-electron chi connectivity index (χ0n) is 12.2. The number of benzene rings is 1. The van der Waals surface area contributed by atoms with Crippen molar-refractivity contribution in [1.29, 1.82) is 0 Å². The molecule has 0 aliphatic heterocycles. The molecule has 0 heterocycles. The minimum Gasteiger partial charge on any atom is -0.353 e. The maximum Gasteiger partial charge on any atom is 0.224 e. The lowest BCUT2D eigenvalue weighted by Gasteiger charge is -2.18. The number of carbonyl (C=O) groups excluding carboxylic acids is 1. The maximum absolute atomic E-state index is 11.9. The highest BCUT2D eigenvalue weighted by molar-refractivity contribution is 5.85. The molecule has 2 atom stereocenters. The van der Waals surface area contributed by atoms with Crippen LogP contribution in [0.5, 0.6) is 0 Å². The first-order valence-corrected chi connectivity index (χ1v) is 6.54. The first-order valence-electron chi connectivity index (χ1n) is 6.54. The Morgan fingerprint density at radius 3 is 2.47 bits per heavy atom. The van der Waals surface area contributed by atoms with Crippen molar-refractivity contribution in [3.05, 3.63) is 35.4 Å². The summed E-state index contributed by atoms with van der Waals surface area (Å²) in [5.74, 6) is 0.125. The molecule has 3 nitrogen and oxygen atoms in total. The van der Waals surface area contributed by atoms with Gasteiger partial charge in [0.15, 0.2) is 0 Å². The Labute approximate surface area is 122 Å². The molecule has 1 aromatic carbocycles. The fourth-order valence-electron chi connectivity index (χ4n) is 2.00.